The molecule has 0 aliphatic carbocycles. The van der Waals surface area contributed by atoms with E-state index in [1.807, 2.05) is 12.1 Å². The number of hydrogen-bond acceptors (Lipinski definition) is 3. The number of hydrogen-bond donors (Lipinski definition) is 0. The van der Waals surface area contributed by atoms with Crippen LogP contribution in [0.1, 0.15) is 31.2 Å². The smallest absolute Gasteiger partial charge is 0.274 e. The molecule has 2 bridgehead atoms. The lowest BCUT2D eigenvalue weighted by molar-refractivity contribution is 0.176. The molecule has 4 heteroatoms. The fraction of sp³-hybridized carbons (Fsp3) is 0.467. The summed E-state index contributed by atoms with van der Waals surface area (Å²) in [5.41, 5.74) is 0.653. The quantitative estimate of drug-likeness (QED) is 0.757. The highest BCUT2D eigenvalue weighted by atomic mass is 16.5. The lowest BCUT2D eigenvalue weighted by Gasteiger charge is -2.30. The Bertz CT molecular complexity index is 529. The van der Waals surface area contributed by atoms with E-state index in [-0.39, 0.29) is 12.8 Å². The molecule has 2 saturated heterocycles. The van der Waals surface area contributed by atoms with Crippen LogP contribution in [-0.4, -0.2) is 12.8 Å². The van der Waals surface area contributed by atoms with Crippen LogP contribution in [0.15, 0.2) is 24.3 Å². The highest BCUT2D eigenvalue weighted by Crippen LogP contribution is 2.49. The van der Waals surface area contributed by atoms with Gasteiger partial charge in [0.2, 0.25) is 0 Å². The molecule has 1 aromatic carbocycles. The molecule has 3 nitrogen and oxygen atoms in total. The summed E-state index contributed by atoms with van der Waals surface area (Å²) >= 11 is 0. The first kappa shape index (κ1) is 12.1. The van der Waals surface area contributed by atoms with Gasteiger partial charge in [0, 0.05) is 5.97 Å². The number of nitriles is 2. The Kier molecular flexibility index (Phi) is 3.17. The molecule has 0 amide bonds. The number of rotatable bonds is 2. The summed E-state index contributed by atoms with van der Waals surface area (Å²) in [6.45, 7) is 0.251. The van der Waals surface area contributed by atoms with Gasteiger partial charge in [-0.25, -0.2) is 5.26 Å². The van der Waals surface area contributed by atoms with Crippen LogP contribution in [-0.2, 0) is 0 Å². The van der Waals surface area contributed by atoms with E-state index in [0.29, 0.717) is 17.2 Å². The fourth-order valence-electron chi connectivity index (χ4n) is 3.58. The molecule has 1 aromatic rings. The van der Waals surface area contributed by atoms with Gasteiger partial charge in [-0.1, -0.05) is 12.8 Å². The van der Waals surface area contributed by atoms with E-state index in [1.54, 1.807) is 12.1 Å². The molecule has 0 aromatic heterocycles. The van der Waals surface area contributed by atoms with E-state index < -0.39 is 0 Å². The Morgan fingerprint density at radius 3 is 2.21 bits per heavy atom. The maximum absolute atomic E-state index is 9.18. The number of ether oxygens (including phenoxy) is 1. The second kappa shape index (κ2) is 4.98. The Hall–Kier alpha value is -1.94. The van der Waals surface area contributed by atoms with Crippen LogP contribution in [0, 0.1) is 22.6 Å². The van der Waals surface area contributed by atoms with Crippen LogP contribution in [0.2, 0.25) is 11.6 Å². The zero-order valence-corrected chi connectivity index (χ0v) is 10.7. The maximum Gasteiger partial charge on any atom is 0.274 e. The normalized spacial score (nSPS) is 28.5. The average molecular weight is 250 g/mol. The van der Waals surface area contributed by atoms with Crippen molar-refractivity contribution in [1.29, 1.82) is 10.5 Å². The van der Waals surface area contributed by atoms with Crippen molar-refractivity contribution in [2.24, 2.45) is 0 Å². The molecule has 2 heterocycles. The molecule has 0 radical (unpaired) electrons. The van der Waals surface area contributed by atoms with Crippen LogP contribution in [0.3, 0.4) is 0 Å². The number of benzene rings is 1. The van der Waals surface area contributed by atoms with Crippen molar-refractivity contribution in [3.05, 3.63) is 29.8 Å². The third-order valence-electron chi connectivity index (χ3n) is 4.49. The van der Waals surface area contributed by atoms with Crippen LogP contribution in [0.4, 0.5) is 0 Å². The zero-order valence-electron chi connectivity index (χ0n) is 10.7. The Morgan fingerprint density at radius 2 is 1.68 bits per heavy atom. The monoisotopic (exact) mass is 250 g/mol. The molecule has 94 valence electrons. The third kappa shape index (κ3) is 2.31. The second-order valence-corrected chi connectivity index (χ2v) is 5.60. The minimum atomic E-state index is 0.232. The summed E-state index contributed by atoms with van der Waals surface area (Å²) in [5, 5.41) is 17.9. The van der Waals surface area contributed by atoms with E-state index >= 15 is 0 Å². The first-order chi connectivity index (χ1) is 9.30. The van der Waals surface area contributed by atoms with Crippen LogP contribution in [0.5, 0.6) is 5.75 Å². The average Bonchev–Trinajstić information content (AvgIpc) is 2.70. The van der Waals surface area contributed by atoms with Crippen LogP contribution >= 0.6 is 0 Å². The molecular weight excluding hydrogens is 235 g/mol. The predicted octanol–water partition coefficient (Wildman–Crippen LogP) is 3.19. The van der Waals surface area contributed by atoms with Gasteiger partial charge in [0.1, 0.15) is 5.75 Å². The van der Waals surface area contributed by atoms with E-state index in [0.717, 1.165) is 18.6 Å². The molecule has 3 rings (SSSR count). The Labute approximate surface area is 113 Å². The minimum Gasteiger partial charge on any atom is -0.490 e. The topological polar surface area (TPSA) is 56.8 Å². The standard InChI is InChI=1S/C15H15BN2O/c17-9-11-1-5-14(6-2-11)19-15-7-12-3-4-13(8-15)16(12)10-18/h1-2,5-6,12-13,15H,3-4,7-8H2/t12-,13-/m1/s1. The van der Waals surface area contributed by atoms with Gasteiger partial charge in [-0.15, -0.1) is 0 Å². The fourth-order valence-corrected chi connectivity index (χ4v) is 3.58. The molecule has 2 aliphatic heterocycles. The lowest BCUT2D eigenvalue weighted by Crippen LogP contribution is -2.33. The van der Waals surface area contributed by atoms with Gasteiger partial charge in [-0.3, -0.25) is 0 Å². The molecule has 0 saturated carbocycles. The second-order valence-electron chi connectivity index (χ2n) is 5.60. The summed E-state index contributed by atoms with van der Waals surface area (Å²) in [4.78, 5) is 0. The van der Waals surface area contributed by atoms with Gasteiger partial charge in [-0.05, 0) is 48.7 Å². The van der Waals surface area contributed by atoms with Crippen LogP contribution < -0.4 is 4.74 Å². The summed E-state index contributed by atoms with van der Waals surface area (Å²) in [6.07, 6.45) is 4.57. The Morgan fingerprint density at radius 1 is 1.05 bits per heavy atom. The van der Waals surface area contributed by atoms with Crippen molar-refractivity contribution < 1.29 is 4.74 Å². The summed E-state index contributed by atoms with van der Waals surface area (Å²) in [7, 11) is 0. The molecule has 0 N–H and O–H groups in total. The van der Waals surface area contributed by atoms with Crippen molar-refractivity contribution in [3.8, 4) is 17.8 Å². The van der Waals surface area contributed by atoms with E-state index in [9.17, 15) is 5.26 Å². The van der Waals surface area contributed by atoms with Gasteiger partial charge in [0.05, 0.1) is 17.7 Å². The molecule has 19 heavy (non-hydrogen) atoms. The molecular formula is C15H15BN2O. The van der Waals surface area contributed by atoms with Crippen LogP contribution in [0.25, 0.3) is 0 Å². The number of fused-ring (bicyclic) bond motifs is 2. The number of nitrogens with zero attached hydrogens (tertiary/aromatic N) is 2. The molecule has 0 unspecified atom stereocenters. The minimum absolute atomic E-state index is 0.232. The van der Waals surface area contributed by atoms with Gasteiger partial charge in [0.15, 0.2) is 0 Å². The zero-order chi connectivity index (χ0) is 13.2. The first-order valence-corrected chi connectivity index (χ1v) is 6.86. The van der Waals surface area contributed by atoms with E-state index in [1.165, 1.54) is 12.8 Å². The van der Waals surface area contributed by atoms with Gasteiger partial charge < -0.3 is 4.74 Å². The Balaban J connectivity index is 1.66. The molecule has 2 fully saturated rings. The largest absolute Gasteiger partial charge is 0.490 e. The van der Waals surface area contributed by atoms with Crippen molar-refractivity contribution in [3.63, 3.8) is 0 Å². The van der Waals surface area contributed by atoms with Crippen molar-refractivity contribution in [2.75, 3.05) is 0 Å². The third-order valence-corrected chi connectivity index (χ3v) is 4.49. The van der Waals surface area contributed by atoms with E-state index in [4.69, 9.17) is 10.00 Å². The van der Waals surface area contributed by atoms with Crippen molar-refractivity contribution in [2.45, 2.75) is 43.4 Å². The maximum atomic E-state index is 9.18. The van der Waals surface area contributed by atoms with Gasteiger partial charge in [-0.2, -0.15) is 5.26 Å². The van der Waals surface area contributed by atoms with E-state index in [2.05, 4.69) is 12.0 Å². The van der Waals surface area contributed by atoms with Crippen molar-refractivity contribution >= 4 is 6.71 Å². The van der Waals surface area contributed by atoms with Gasteiger partial charge in [0.25, 0.3) is 6.71 Å². The summed E-state index contributed by atoms with van der Waals surface area (Å²) < 4.78 is 6.01. The predicted molar refractivity (Wildman–Crippen MR) is 72.9 cm³/mol. The highest BCUT2D eigenvalue weighted by molar-refractivity contribution is 6.70. The lowest BCUT2D eigenvalue weighted by atomic mass is 9.35. The summed E-state index contributed by atoms with van der Waals surface area (Å²) in [5.74, 6) is 4.35. The highest BCUT2D eigenvalue weighted by Gasteiger charge is 2.46. The summed E-state index contributed by atoms with van der Waals surface area (Å²) in [6, 6.07) is 9.38. The molecule has 0 spiro atoms. The molecule has 2 aliphatic rings. The first-order valence-electron chi connectivity index (χ1n) is 6.86. The SMILES string of the molecule is N#CB1[C@@H]2CC[C@@H]1CC(Oc1ccc(C#N)cc1)C2. The van der Waals surface area contributed by atoms with Gasteiger partial charge >= 0.3 is 0 Å². The van der Waals surface area contributed by atoms with Crippen molar-refractivity contribution in [1.82, 2.24) is 0 Å². The molecule has 2 atom stereocenters.